The largest absolute Gasteiger partial charge is 0.307 e. The Labute approximate surface area is 214 Å². The minimum atomic E-state index is 1.17. The number of aromatic nitrogens is 2. The second-order valence-electron chi connectivity index (χ2n) is 9.87. The summed E-state index contributed by atoms with van der Waals surface area (Å²) in [5.74, 6) is 0. The lowest BCUT2D eigenvalue weighted by molar-refractivity contribution is 1.15. The lowest BCUT2D eigenvalue weighted by Gasteiger charge is -2.14. The first-order valence-electron chi connectivity index (χ1n) is 12.8. The number of benzene rings is 6. The maximum Gasteiger partial charge on any atom is 0.0795 e. The zero-order chi connectivity index (χ0) is 24.5. The van der Waals surface area contributed by atoms with Crippen LogP contribution in [0.3, 0.4) is 0 Å². The highest BCUT2D eigenvalue weighted by atomic mass is 15.0. The molecule has 37 heavy (non-hydrogen) atoms. The number of hydrogen-bond donors (Lipinski definition) is 0. The predicted octanol–water partition coefficient (Wildman–Crippen LogP) is 9.34. The van der Waals surface area contributed by atoms with Gasteiger partial charge in [-0.2, -0.15) is 0 Å². The number of nitrogens with zero attached hydrogens (tertiary/aromatic N) is 2. The molecule has 0 fully saturated rings. The van der Waals surface area contributed by atoms with Gasteiger partial charge >= 0.3 is 0 Å². The maximum atomic E-state index is 2.48. The molecule has 2 heterocycles. The zero-order valence-electron chi connectivity index (χ0n) is 20.5. The molecule has 6 aromatic carbocycles. The molecule has 0 saturated carbocycles. The fourth-order valence-corrected chi connectivity index (χ4v) is 6.27. The van der Waals surface area contributed by atoms with Crippen LogP contribution in [0.1, 0.15) is 5.56 Å². The van der Waals surface area contributed by atoms with Gasteiger partial charge in [-0.05, 0) is 59.7 Å². The van der Waals surface area contributed by atoms with Crippen molar-refractivity contribution in [1.82, 2.24) is 9.13 Å². The third-order valence-corrected chi connectivity index (χ3v) is 7.71. The molecular weight excluding hydrogens is 448 g/mol. The molecule has 0 atom stereocenters. The Kier molecular flexibility index (Phi) is 4.18. The van der Waals surface area contributed by atoms with E-state index in [0.717, 1.165) is 0 Å². The smallest absolute Gasteiger partial charge is 0.0795 e. The second kappa shape index (κ2) is 7.59. The van der Waals surface area contributed by atoms with Gasteiger partial charge in [0.25, 0.3) is 0 Å². The van der Waals surface area contributed by atoms with E-state index in [1.165, 1.54) is 71.3 Å². The van der Waals surface area contributed by atoms with Crippen LogP contribution in [0.5, 0.6) is 0 Å². The summed E-state index contributed by atoms with van der Waals surface area (Å²) >= 11 is 0. The molecule has 0 spiro atoms. The van der Waals surface area contributed by atoms with Crippen LogP contribution < -0.4 is 0 Å². The van der Waals surface area contributed by atoms with E-state index in [9.17, 15) is 0 Å². The van der Waals surface area contributed by atoms with Gasteiger partial charge in [-0.25, -0.2) is 0 Å². The average molecular weight is 473 g/mol. The van der Waals surface area contributed by atoms with Crippen LogP contribution in [0.2, 0.25) is 0 Å². The van der Waals surface area contributed by atoms with Gasteiger partial charge < -0.3 is 9.13 Å². The SMILES string of the molecule is Cc1cccc(-n2c3ccccc3c3c4ccccc4c4c5ccccc5n(-c5ccccc5)c4c32)c1. The Hall–Kier alpha value is -4.82. The van der Waals surface area contributed by atoms with E-state index in [1.54, 1.807) is 0 Å². The summed E-state index contributed by atoms with van der Waals surface area (Å²) in [6.45, 7) is 2.17. The Morgan fingerprint density at radius 3 is 1.43 bits per heavy atom. The molecule has 0 aliphatic carbocycles. The molecule has 0 aliphatic rings. The molecule has 0 bridgehead atoms. The van der Waals surface area contributed by atoms with Gasteiger partial charge in [0, 0.05) is 32.9 Å². The molecule has 8 rings (SSSR count). The van der Waals surface area contributed by atoms with Crippen LogP contribution in [0.4, 0.5) is 0 Å². The fraction of sp³-hybridized carbons (Fsp3) is 0.0286. The van der Waals surface area contributed by atoms with Crippen LogP contribution in [0.25, 0.3) is 65.8 Å². The van der Waals surface area contributed by atoms with Crippen LogP contribution in [-0.4, -0.2) is 9.13 Å². The molecule has 0 unspecified atom stereocenters. The first kappa shape index (κ1) is 20.4. The molecule has 0 amide bonds. The first-order valence-corrected chi connectivity index (χ1v) is 12.8. The molecule has 0 saturated heterocycles. The van der Waals surface area contributed by atoms with Crippen molar-refractivity contribution in [2.24, 2.45) is 0 Å². The molecule has 2 heteroatoms. The predicted molar refractivity (Wildman–Crippen MR) is 157 cm³/mol. The van der Waals surface area contributed by atoms with Crippen molar-refractivity contribution in [3.63, 3.8) is 0 Å². The van der Waals surface area contributed by atoms with Gasteiger partial charge in [-0.1, -0.05) is 91.0 Å². The Morgan fingerprint density at radius 1 is 0.405 bits per heavy atom. The summed E-state index contributed by atoms with van der Waals surface area (Å²) in [6, 6.07) is 46.2. The number of para-hydroxylation sites is 3. The van der Waals surface area contributed by atoms with Gasteiger partial charge in [0.2, 0.25) is 0 Å². The zero-order valence-corrected chi connectivity index (χ0v) is 20.5. The summed E-state index contributed by atoms with van der Waals surface area (Å²) < 4.78 is 4.94. The van der Waals surface area contributed by atoms with Crippen molar-refractivity contribution in [3.8, 4) is 11.4 Å². The van der Waals surface area contributed by atoms with Crippen molar-refractivity contribution in [2.45, 2.75) is 6.92 Å². The molecule has 2 nitrogen and oxygen atoms in total. The molecule has 0 N–H and O–H groups in total. The van der Waals surface area contributed by atoms with Crippen molar-refractivity contribution in [1.29, 1.82) is 0 Å². The van der Waals surface area contributed by atoms with E-state index >= 15 is 0 Å². The van der Waals surface area contributed by atoms with Crippen molar-refractivity contribution in [2.75, 3.05) is 0 Å². The van der Waals surface area contributed by atoms with Gasteiger partial charge in [-0.3, -0.25) is 0 Å². The first-order chi connectivity index (χ1) is 18.3. The minimum Gasteiger partial charge on any atom is -0.307 e. The normalized spacial score (nSPS) is 11.9. The molecular formula is C35H24N2. The third-order valence-electron chi connectivity index (χ3n) is 7.71. The van der Waals surface area contributed by atoms with E-state index < -0.39 is 0 Å². The van der Waals surface area contributed by atoms with Crippen molar-refractivity contribution < 1.29 is 0 Å². The summed E-state index contributed by atoms with van der Waals surface area (Å²) in [5, 5.41) is 7.76. The van der Waals surface area contributed by atoms with Crippen LogP contribution in [0, 0.1) is 6.92 Å². The highest BCUT2D eigenvalue weighted by molar-refractivity contribution is 6.36. The molecule has 0 aliphatic heterocycles. The monoisotopic (exact) mass is 472 g/mol. The Morgan fingerprint density at radius 2 is 0.865 bits per heavy atom. The standard InChI is InChI=1S/C35H24N2/c1-23-12-11-15-25(22-23)37-31-21-10-8-19-29(31)33-27-17-6-5-16-26(27)32-28-18-7-9-20-30(28)36(34(32)35(33)37)24-13-3-2-4-14-24/h2-22H,1H3. The van der Waals surface area contributed by atoms with Crippen LogP contribution in [-0.2, 0) is 0 Å². The van der Waals surface area contributed by atoms with Crippen molar-refractivity contribution >= 4 is 54.4 Å². The lowest BCUT2D eigenvalue weighted by Crippen LogP contribution is -1.99. The summed E-state index contributed by atoms with van der Waals surface area (Å²) in [4.78, 5) is 0. The topological polar surface area (TPSA) is 9.86 Å². The molecule has 2 aromatic heterocycles. The summed E-state index contributed by atoms with van der Waals surface area (Å²) in [7, 11) is 0. The number of aryl methyl sites for hydroxylation is 1. The maximum absolute atomic E-state index is 2.48. The van der Waals surface area contributed by atoms with Gasteiger partial charge in [0.1, 0.15) is 0 Å². The fourth-order valence-electron chi connectivity index (χ4n) is 6.27. The summed E-state index contributed by atoms with van der Waals surface area (Å²) in [5.41, 5.74) is 8.57. The van der Waals surface area contributed by atoms with Crippen molar-refractivity contribution in [3.05, 3.63) is 133 Å². The van der Waals surface area contributed by atoms with Gasteiger partial charge in [0.05, 0.1) is 22.1 Å². The number of rotatable bonds is 2. The van der Waals surface area contributed by atoms with E-state index in [0.29, 0.717) is 0 Å². The average Bonchev–Trinajstić information content (AvgIpc) is 3.48. The highest BCUT2D eigenvalue weighted by Crippen LogP contribution is 2.46. The quantitative estimate of drug-likeness (QED) is 0.237. The summed E-state index contributed by atoms with van der Waals surface area (Å²) in [6.07, 6.45) is 0. The van der Waals surface area contributed by atoms with Gasteiger partial charge in [-0.15, -0.1) is 0 Å². The Balaban J connectivity index is 1.78. The molecule has 174 valence electrons. The highest BCUT2D eigenvalue weighted by Gasteiger charge is 2.24. The number of fused-ring (bicyclic) bond motifs is 10. The van der Waals surface area contributed by atoms with E-state index in [1.807, 2.05) is 0 Å². The lowest BCUT2D eigenvalue weighted by atomic mass is 9.98. The number of hydrogen-bond acceptors (Lipinski definition) is 0. The van der Waals surface area contributed by atoms with E-state index in [-0.39, 0.29) is 0 Å². The van der Waals surface area contributed by atoms with E-state index in [2.05, 4.69) is 143 Å². The van der Waals surface area contributed by atoms with Crippen LogP contribution in [0.15, 0.2) is 127 Å². The van der Waals surface area contributed by atoms with Gasteiger partial charge in [0.15, 0.2) is 0 Å². The van der Waals surface area contributed by atoms with E-state index in [4.69, 9.17) is 0 Å². The molecule has 8 aromatic rings. The molecule has 0 radical (unpaired) electrons. The third kappa shape index (κ3) is 2.75. The van der Waals surface area contributed by atoms with Crippen LogP contribution >= 0.6 is 0 Å². The minimum absolute atomic E-state index is 1.17. The second-order valence-corrected chi connectivity index (χ2v) is 9.87. The Bertz CT molecular complexity index is 2140.